The monoisotopic (exact) mass is 203 g/mol. The van der Waals surface area contributed by atoms with Crippen molar-refractivity contribution in [2.24, 2.45) is 5.92 Å². The van der Waals surface area contributed by atoms with Crippen LogP contribution in [0.2, 0.25) is 0 Å². The van der Waals surface area contributed by atoms with E-state index in [1.54, 1.807) is 0 Å². The highest BCUT2D eigenvalue weighted by atomic mass is 14.9. The molecule has 1 saturated carbocycles. The third-order valence-corrected chi connectivity index (χ3v) is 3.13. The van der Waals surface area contributed by atoms with Crippen molar-refractivity contribution in [1.29, 1.82) is 5.26 Å². The third-order valence-electron chi connectivity index (χ3n) is 3.13. The van der Waals surface area contributed by atoms with Gasteiger partial charge in [0.05, 0.1) is 6.07 Å². The van der Waals surface area contributed by atoms with E-state index in [2.05, 4.69) is 29.9 Å². The Labute approximate surface area is 90.5 Å². The summed E-state index contributed by atoms with van der Waals surface area (Å²) in [6, 6.07) is 2.40. The summed E-state index contributed by atoms with van der Waals surface area (Å²) in [4.78, 5) is 7.66. The molecule has 80 valence electrons. The predicted molar refractivity (Wildman–Crippen MR) is 58.3 cm³/mol. The third kappa shape index (κ3) is 1.77. The summed E-state index contributed by atoms with van der Waals surface area (Å²) in [6.07, 6.45) is 5.95. The lowest BCUT2D eigenvalue weighted by Crippen LogP contribution is -2.33. The Bertz CT molecular complexity index is 380. The van der Waals surface area contributed by atoms with E-state index < -0.39 is 0 Å². The Morgan fingerprint density at radius 1 is 1.60 bits per heavy atom. The zero-order valence-electron chi connectivity index (χ0n) is 9.38. The Morgan fingerprint density at radius 3 is 2.80 bits per heavy atom. The highest BCUT2D eigenvalue weighted by Crippen LogP contribution is 2.41. The average molecular weight is 203 g/mol. The van der Waals surface area contributed by atoms with Crippen molar-refractivity contribution in [3.05, 3.63) is 17.7 Å². The Balaban J connectivity index is 2.17. The van der Waals surface area contributed by atoms with E-state index in [4.69, 9.17) is 0 Å². The molecule has 0 bridgehead atoms. The quantitative estimate of drug-likeness (QED) is 0.820. The first kappa shape index (κ1) is 10.2. The fraction of sp³-hybridized carbons (Fsp3) is 0.667. The number of H-pyrrole nitrogens is 1. The molecule has 1 fully saturated rings. The van der Waals surface area contributed by atoms with Crippen LogP contribution < -0.4 is 0 Å². The largest absolute Gasteiger partial charge is 0.345 e. The van der Waals surface area contributed by atoms with Crippen LogP contribution in [-0.2, 0) is 11.8 Å². The van der Waals surface area contributed by atoms with Gasteiger partial charge in [0.2, 0.25) is 0 Å². The van der Waals surface area contributed by atoms with Crippen molar-refractivity contribution in [2.75, 3.05) is 0 Å². The maximum atomic E-state index is 9.17. The standard InChI is InChI=1S/C12H17N3/c1-9(2)6-10-7-14-11(15-10)12(8-13)4-3-5-12/h7,9H,3-6H2,1-2H3,(H,14,15). The molecule has 2 rings (SSSR count). The number of imidazole rings is 1. The Morgan fingerprint density at radius 2 is 2.33 bits per heavy atom. The molecule has 0 saturated heterocycles. The topological polar surface area (TPSA) is 52.5 Å². The number of aromatic amines is 1. The van der Waals surface area contributed by atoms with Gasteiger partial charge in [0, 0.05) is 11.9 Å². The molecule has 3 nitrogen and oxygen atoms in total. The van der Waals surface area contributed by atoms with Gasteiger partial charge >= 0.3 is 0 Å². The summed E-state index contributed by atoms with van der Waals surface area (Å²) in [6.45, 7) is 4.37. The number of nitrogens with one attached hydrogen (secondary N) is 1. The molecule has 0 spiro atoms. The molecule has 0 aromatic carbocycles. The summed E-state index contributed by atoms with van der Waals surface area (Å²) in [5.41, 5.74) is 0.858. The molecular weight excluding hydrogens is 186 g/mol. The second-order valence-corrected chi connectivity index (χ2v) is 4.90. The maximum Gasteiger partial charge on any atom is 0.126 e. The van der Waals surface area contributed by atoms with E-state index in [1.807, 2.05) is 6.20 Å². The molecule has 0 unspecified atom stereocenters. The van der Waals surface area contributed by atoms with Crippen LogP contribution in [0.4, 0.5) is 0 Å². The molecule has 1 N–H and O–H groups in total. The molecule has 3 heteroatoms. The van der Waals surface area contributed by atoms with Crippen LogP contribution in [0.3, 0.4) is 0 Å². The smallest absolute Gasteiger partial charge is 0.126 e. The minimum atomic E-state index is -0.296. The molecular formula is C12H17N3. The van der Waals surface area contributed by atoms with Crippen molar-refractivity contribution in [1.82, 2.24) is 9.97 Å². The van der Waals surface area contributed by atoms with Crippen molar-refractivity contribution in [3.63, 3.8) is 0 Å². The maximum absolute atomic E-state index is 9.17. The van der Waals surface area contributed by atoms with Gasteiger partial charge in [-0.3, -0.25) is 0 Å². The van der Waals surface area contributed by atoms with Crippen LogP contribution >= 0.6 is 0 Å². The molecule has 1 aromatic rings. The second kappa shape index (κ2) is 3.69. The predicted octanol–water partition coefficient (Wildman–Crippen LogP) is 2.55. The zero-order chi connectivity index (χ0) is 10.9. The Kier molecular flexibility index (Phi) is 2.52. The summed E-state index contributed by atoms with van der Waals surface area (Å²) >= 11 is 0. The molecule has 0 radical (unpaired) electrons. The van der Waals surface area contributed by atoms with Crippen LogP contribution in [0.1, 0.15) is 44.6 Å². The fourth-order valence-corrected chi connectivity index (χ4v) is 2.08. The van der Waals surface area contributed by atoms with E-state index in [-0.39, 0.29) is 5.41 Å². The number of nitriles is 1. The number of rotatable bonds is 3. The van der Waals surface area contributed by atoms with Crippen molar-refractivity contribution >= 4 is 0 Å². The van der Waals surface area contributed by atoms with Gasteiger partial charge in [-0.05, 0) is 31.6 Å². The lowest BCUT2D eigenvalue weighted by atomic mass is 9.69. The zero-order valence-corrected chi connectivity index (χ0v) is 9.38. The second-order valence-electron chi connectivity index (χ2n) is 4.90. The summed E-state index contributed by atoms with van der Waals surface area (Å²) in [5.74, 6) is 1.50. The minimum absolute atomic E-state index is 0.296. The van der Waals surface area contributed by atoms with Gasteiger partial charge in [0.25, 0.3) is 0 Å². The number of hydrogen-bond donors (Lipinski definition) is 1. The number of aromatic nitrogens is 2. The summed E-state index contributed by atoms with van der Waals surface area (Å²) in [5, 5.41) is 9.17. The molecule has 1 heterocycles. The van der Waals surface area contributed by atoms with Gasteiger partial charge in [-0.15, -0.1) is 0 Å². The summed E-state index contributed by atoms with van der Waals surface area (Å²) < 4.78 is 0. The Hall–Kier alpha value is -1.30. The van der Waals surface area contributed by atoms with Gasteiger partial charge in [-0.25, -0.2) is 4.98 Å². The van der Waals surface area contributed by atoms with Crippen molar-refractivity contribution < 1.29 is 0 Å². The highest BCUT2D eigenvalue weighted by molar-refractivity contribution is 5.26. The summed E-state index contributed by atoms with van der Waals surface area (Å²) in [7, 11) is 0. The van der Waals surface area contributed by atoms with E-state index in [9.17, 15) is 5.26 Å². The SMILES string of the molecule is CC(C)Cc1cnc(C2(C#N)CCC2)[nH]1. The van der Waals surface area contributed by atoms with E-state index in [0.717, 1.165) is 37.2 Å². The normalized spacial score (nSPS) is 18.5. The molecule has 1 aromatic heterocycles. The van der Waals surface area contributed by atoms with Crippen LogP contribution in [0.5, 0.6) is 0 Å². The lowest BCUT2D eigenvalue weighted by Gasteiger charge is -2.32. The lowest BCUT2D eigenvalue weighted by molar-refractivity contribution is 0.309. The molecule has 15 heavy (non-hydrogen) atoms. The van der Waals surface area contributed by atoms with Gasteiger partial charge in [0.1, 0.15) is 11.2 Å². The number of nitrogens with zero attached hydrogens (tertiary/aromatic N) is 2. The van der Waals surface area contributed by atoms with Crippen LogP contribution in [-0.4, -0.2) is 9.97 Å². The first-order chi connectivity index (χ1) is 7.16. The van der Waals surface area contributed by atoms with Crippen molar-refractivity contribution in [2.45, 2.75) is 44.9 Å². The first-order valence-corrected chi connectivity index (χ1v) is 5.62. The van der Waals surface area contributed by atoms with Crippen molar-refractivity contribution in [3.8, 4) is 6.07 Å². The molecule has 1 aliphatic rings. The fourth-order valence-electron chi connectivity index (χ4n) is 2.08. The molecule has 0 atom stereocenters. The van der Waals surface area contributed by atoms with Crippen LogP contribution in [0, 0.1) is 17.2 Å². The molecule has 0 amide bonds. The van der Waals surface area contributed by atoms with Gasteiger partial charge in [0.15, 0.2) is 0 Å². The molecule has 0 aliphatic heterocycles. The molecule has 1 aliphatic carbocycles. The van der Waals surface area contributed by atoms with Gasteiger partial charge < -0.3 is 4.98 Å². The average Bonchev–Trinajstić information content (AvgIpc) is 2.51. The van der Waals surface area contributed by atoms with E-state index in [1.165, 1.54) is 0 Å². The number of hydrogen-bond acceptors (Lipinski definition) is 2. The first-order valence-electron chi connectivity index (χ1n) is 5.62. The van der Waals surface area contributed by atoms with Gasteiger partial charge in [-0.1, -0.05) is 13.8 Å². The minimum Gasteiger partial charge on any atom is -0.345 e. The van der Waals surface area contributed by atoms with Gasteiger partial charge in [-0.2, -0.15) is 5.26 Å². The highest BCUT2D eigenvalue weighted by Gasteiger charge is 2.41. The van der Waals surface area contributed by atoms with E-state index >= 15 is 0 Å². The van der Waals surface area contributed by atoms with Crippen LogP contribution in [0.15, 0.2) is 6.20 Å². The van der Waals surface area contributed by atoms with E-state index in [0.29, 0.717) is 5.92 Å². The van der Waals surface area contributed by atoms with Crippen LogP contribution in [0.25, 0.3) is 0 Å².